The number of sulfonamides is 1. The molecule has 2 N–H and O–H groups in total. The third-order valence-electron chi connectivity index (χ3n) is 2.73. The Kier molecular flexibility index (Phi) is 6.31. The van der Waals surface area contributed by atoms with Crippen molar-refractivity contribution in [1.82, 2.24) is 10.3 Å². The molecule has 2 rings (SSSR count). The Morgan fingerprint density at radius 3 is 2.38 bits per heavy atom. The van der Waals surface area contributed by atoms with Crippen LogP contribution in [-0.2, 0) is 14.8 Å². The van der Waals surface area contributed by atoms with E-state index >= 15 is 0 Å². The van der Waals surface area contributed by atoms with E-state index in [1.54, 1.807) is 24.3 Å². The maximum absolute atomic E-state index is 12.1. The van der Waals surface area contributed by atoms with Gasteiger partial charge in [0.15, 0.2) is 6.61 Å². The Hall–Kier alpha value is -1.51. The number of hydrogen-bond donors (Lipinski definition) is 2. The van der Waals surface area contributed by atoms with Crippen molar-refractivity contribution in [3.63, 3.8) is 0 Å². The molecule has 0 spiro atoms. The minimum absolute atomic E-state index is 0.0768. The van der Waals surface area contributed by atoms with Gasteiger partial charge in [-0.25, -0.2) is 8.42 Å². The van der Waals surface area contributed by atoms with E-state index in [1.165, 1.54) is 18.2 Å². The van der Waals surface area contributed by atoms with Crippen molar-refractivity contribution in [2.75, 3.05) is 6.61 Å². The summed E-state index contributed by atoms with van der Waals surface area (Å²) in [4.78, 5) is 13.3. The molecular weight excluding hydrogens is 399 g/mol. The molecule has 128 valence electrons. The second-order valence-electron chi connectivity index (χ2n) is 4.42. The van der Waals surface area contributed by atoms with Gasteiger partial charge in [-0.3, -0.25) is 10.2 Å². The smallest absolute Gasteiger partial charge is 0.272 e. The van der Waals surface area contributed by atoms with Crippen LogP contribution in [0.2, 0.25) is 15.1 Å². The molecule has 2 aromatic carbocycles. The van der Waals surface area contributed by atoms with E-state index in [0.717, 1.165) is 0 Å². The third-order valence-corrected chi connectivity index (χ3v) is 5.26. The van der Waals surface area contributed by atoms with Gasteiger partial charge in [0.1, 0.15) is 10.6 Å². The molecule has 0 aliphatic carbocycles. The largest absolute Gasteiger partial charge is 0.482 e. The molecule has 2 aromatic rings. The van der Waals surface area contributed by atoms with Crippen LogP contribution in [-0.4, -0.2) is 20.9 Å². The number of carbonyl (C=O) groups excluding carboxylic acids is 1. The number of ether oxygens (including phenoxy) is 1. The molecule has 0 atom stereocenters. The minimum Gasteiger partial charge on any atom is -0.482 e. The number of para-hydroxylation sites is 1. The second-order valence-corrected chi connectivity index (χ2v) is 7.27. The van der Waals surface area contributed by atoms with Gasteiger partial charge in [0.25, 0.3) is 15.9 Å². The zero-order valence-corrected chi connectivity index (χ0v) is 15.0. The third kappa shape index (κ3) is 4.75. The molecule has 6 nitrogen and oxygen atoms in total. The standard InChI is InChI=1S/C14H11Cl3N2O4S/c15-9-4-1-2-6-11(9)23-8-13(20)18-19-24(21,22)12-7-3-5-10(16)14(12)17/h1-7,19H,8H2,(H,18,20). The first kappa shape index (κ1) is 18.8. The Balaban J connectivity index is 1.96. The van der Waals surface area contributed by atoms with Crippen LogP contribution in [0, 0.1) is 0 Å². The van der Waals surface area contributed by atoms with Crippen LogP contribution in [0.15, 0.2) is 47.4 Å². The monoisotopic (exact) mass is 408 g/mol. The highest BCUT2D eigenvalue weighted by atomic mass is 35.5. The zero-order valence-electron chi connectivity index (χ0n) is 11.9. The number of hydrazine groups is 1. The van der Waals surface area contributed by atoms with Gasteiger partial charge in [0, 0.05) is 0 Å². The second kappa shape index (κ2) is 8.04. The van der Waals surface area contributed by atoms with Crippen LogP contribution < -0.4 is 15.0 Å². The molecule has 0 aliphatic rings. The quantitative estimate of drug-likeness (QED) is 0.718. The van der Waals surface area contributed by atoms with Gasteiger partial charge >= 0.3 is 0 Å². The fourth-order valence-corrected chi connectivity index (χ4v) is 3.43. The van der Waals surface area contributed by atoms with E-state index in [1.807, 2.05) is 10.3 Å². The molecule has 0 aliphatic heterocycles. The number of carbonyl (C=O) groups is 1. The van der Waals surface area contributed by atoms with E-state index < -0.39 is 22.5 Å². The highest BCUT2D eigenvalue weighted by molar-refractivity contribution is 7.89. The van der Waals surface area contributed by atoms with Gasteiger partial charge < -0.3 is 4.74 Å². The Labute approximate surface area is 153 Å². The average Bonchev–Trinajstić information content (AvgIpc) is 2.54. The summed E-state index contributed by atoms with van der Waals surface area (Å²) in [7, 11) is -4.08. The van der Waals surface area contributed by atoms with Gasteiger partial charge in [0.05, 0.1) is 15.1 Å². The summed E-state index contributed by atoms with van der Waals surface area (Å²) in [6.45, 7) is -0.435. The predicted molar refractivity (Wildman–Crippen MR) is 91.9 cm³/mol. The molecule has 0 fully saturated rings. The van der Waals surface area contributed by atoms with Crippen LogP contribution in [0.4, 0.5) is 0 Å². The van der Waals surface area contributed by atoms with Crippen LogP contribution in [0.1, 0.15) is 0 Å². The molecule has 10 heteroatoms. The van der Waals surface area contributed by atoms with Crippen molar-refractivity contribution in [1.29, 1.82) is 0 Å². The minimum atomic E-state index is -4.08. The first-order chi connectivity index (χ1) is 11.3. The summed E-state index contributed by atoms with van der Waals surface area (Å²) in [6.07, 6.45) is 0. The average molecular weight is 410 g/mol. The number of nitrogens with one attached hydrogen (secondary N) is 2. The number of hydrogen-bond acceptors (Lipinski definition) is 4. The first-order valence-corrected chi connectivity index (χ1v) is 9.05. The highest BCUT2D eigenvalue weighted by Gasteiger charge is 2.20. The number of halogens is 3. The number of rotatable bonds is 6. The van der Waals surface area contributed by atoms with E-state index in [0.29, 0.717) is 10.8 Å². The van der Waals surface area contributed by atoms with Crippen molar-refractivity contribution < 1.29 is 17.9 Å². The fraction of sp³-hybridized carbons (Fsp3) is 0.0714. The molecule has 0 heterocycles. The van der Waals surface area contributed by atoms with Crippen molar-refractivity contribution in [3.8, 4) is 5.75 Å². The molecule has 0 bridgehead atoms. The summed E-state index contributed by atoms with van der Waals surface area (Å²) in [5, 5.41) is 0.262. The molecule has 0 unspecified atom stereocenters. The van der Waals surface area contributed by atoms with E-state index in [2.05, 4.69) is 0 Å². The molecule has 0 radical (unpaired) electrons. The van der Waals surface area contributed by atoms with Crippen molar-refractivity contribution >= 4 is 50.7 Å². The van der Waals surface area contributed by atoms with Crippen LogP contribution in [0.25, 0.3) is 0 Å². The van der Waals surface area contributed by atoms with Gasteiger partial charge in [-0.05, 0) is 24.3 Å². The van der Waals surface area contributed by atoms with E-state index in [9.17, 15) is 13.2 Å². The zero-order chi connectivity index (χ0) is 17.7. The Morgan fingerprint density at radius 1 is 1.00 bits per heavy atom. The summed E-state index contributed by atoms with van der Waals surface area (Å²) < 4.78 is 29.4. The maximum Gasteiger partial charge on any atom is 0.272 e. The van der Waals surface area contributed by atoms with Gasteiger partial charge in [-0.15, -0.1) is 4.83 Å². The highest BCUT2D eigenvalue weighted by Crippen LogP contribution is 2.28. The van der Waals surface area contributed by atoms with Crippen LogP contribution >= 0.6 is 34.8 Å². The Morgan fingerprint density at radius 2 is 1.67 bits per heavy atom. The van der Waals surface area contributed by atoms with Crippen molar-refractivity contribution in [2.45, 2.75) is 4.90 Å². The van der Waals surface area contributed by atoms with Gasteiger partial charge in [0.2, 0.25) is 0 Å². The molecule has 0 saturated heterocycles. The fourth-order valence-electron chi connectivity index (χ4n) is 1.61. The number of amides is 1. The number of benzene rings is 2. The lowest BCUT2D eigenvalue weighted by Crippen LogP contribution is -2.43. The summed E-state index contributed by atoms with van der Waals surface area (Å²) >= 11 is 17.5. The maximum atomic E-state index is 12.1. The van der Waals surface area contributed by atoms with E-state index in [4.69, 9.17) is 39.5 Å². The van der Waals surface area contributed by atoms with Crippen LogP contribution in [0.3, 0.4) is 0 Å². The normalized spacial score (nSPS) is 11.1. The summed E-state index contributed by atoms with van der Waals surface area (Å²) in [5.41, 5.74) is 2.01. The van der Waals surface area contributed by atoms with Gasteiger partial charge in [-0.1, -0.05) is 53.0 Å². The van der Waals surface area contributed by atoms with Gasteiger partial charge in [-0.2, -0.15) is 0 Å². The summed E-state index contributed by atoms with van der Waals surface area (Å²) in [6, 6.07) is 10.7. The molecular formula is C14H11Cl3N2O4S. The lowest BCUT2D eigenvalue weighted by atomic mass is 10.3. The first-order valence-electron chi connectivity index (χ1n) is 6.43. The Bertz CT molecular complexity index is 859. The SMILES string of the molecule is O=C(COc1ccccc1Cl)NNS(=O)(=O)c1cccc(Cl)c1Cl. The lowest BCUT2D eigenvalue weighted by Gasteiger charge is -2.11. The molecule has 0 aromatic heterocycles. The molecule has 0 saturated carbocycles. The lowest BCUT2D eigenvalue weighted by molar-refractivity contribution is -0.123. The topological polar surface area (TPSA) is 84.5 Å². The summed E-state index contributed by atoms with van der Waals surface area (Å²) in [5.74, 6) is -0.424. The van der Waals surface area contributed by atoms with E-state index in [-0.39, 0.29) is 14.9 Å². The van der Waals surface area contributed by atoms with Crippen molar-refractivity contribution in [2.24, 2.45) is 0 Å². The molecule has 24 heavy (non-hydrogen) atoms. The predicted octanol–water partition coefficient (Wildman–Crippen LogP) is 3.04. The molecule has 1 amide bonds. The van der Waals surface area contributed by atoms with Crippen molar-refractivity contribution in [3.05, 3.63) is 57.5 Å². The van der Waals surface area contributed by atoms with Crippen LogP contribution in [0.5, 0.6) is 5.75 Å².